The summed E-state index contributed by atoms with van der Waals surface area (Å²) in [5.74, 6) is -1.31. The molecule has 0 saturated carbocycles. The van der Waals surface area contributed by atoms with Crippen molar-refractivity contribution in [3.63, 3.8) is 0 Å². The van der Waals surface area contributed by atoms with Crippen molar-refractivity contribution in [1.29, 1.82) is 0 Å². The lowest BCUT2D eigenvalue weighted by molar-refractivity contribution is -0.140. The van der Waals surface area contributed by atoms with E-state index in [-0.39, 0.29) is 17.2 Å². The molecule has 0 aromatic heterocycles. The summed E-state index contributed by atoms with van der Waals surface area (Å²) in [5, 5.41) is 0. The molecule has 2 N–H and O–H groups in total. The van der Waals surface area contributed by atoms with E-state index in [0.717, 1.165) is 6.07 Å². The van der Waals surface area contributed by atoms with E-state index in [1.54, 1.807) is 12.1 Å². The molecule has 106 valence electrons. The molecule has 0 amide bonds. The fraction of sp³-hybridized carbons (Fsp3) is 0.0769. The van der Waals surface area contributed by atoms with Gasteiger partial charge in [-0.1, -0.05) is 15.9 Å². The van der Waals surface area contributed by atoms with Gasteiger partial charge in [-0.2, -0.15) is 13.2 Å². The summed E-state index contributed by atoms with van der Waals surface area (Å²) in [5.41, 5.74) is 4.54. The smallest absolute Gasteiger partial charge is 0.419 e. The van der Waals surface area contributed by atoms with Crippen LogP contribution >= 0.6 is 15.9 Å². The number of alkyl halides is 3. The van der Waals surface area contributed by atoms with Crippen LogP contribution in [0.3, 0.4) is 0 Å². The van der Waals surface area contributed by atoms with Gasteiger partial charge in [-0.25, -0.2) is 4.39 Å². The predicted molar refractivity (Wildman–Crippen MR) is 70.0 cm³/mol. The summed E-state index contributed by atoms with van der Waals surface area (Å²) in [6, 6.07) is 7.07. The average Bonchev–Trinajstić information content (AvgIpc) is 2.33. The highest BCUT2D eigenvalue weighted by Crippen LogP contribution is 2.36. The van der Waals surface area contributed by atoms with Gasteiger partial charge in [-0.05, 0) is 36.4 Å². The zero-order valence-corrected chi connectivity index (χ0v) is 11.4. The second-order valence-electron chi connectivity index (χ2n) is 3.92. The molecule has 7 heteroatoms. The van der Waals surface area contributed by atoms with Crippen LogP contribution in [0.25, 0.3) is 0 Å². The van der Waals surface area contributed by atoms with Crippen molar-refractivity contribution in [3.8, 4) is 11.5 Å². The summed E-state index contributed by atoms with van der Waals surface area (Å²) in [6.45, 7) is 0. The van der Waals surface area contributed by atoms with Crippen molar-refractivity contribution >= 4 is 21.6 Å². The van der Waals surface area contributed by atoms with Gasteiger partial charge < -0.3 is 10.5 Å². The quantitative estimate of drug-likeness (QED) is 0.612. The predicted octanol–water partition coefficient (Wildman–Crippen LogP) is 4.98. The Labute approximate surface area is 120 Å². The minimum absolute atomic E-state index is 0.146. The van der Waals surface area contributed by atoms with E-state index in [4.69, 9.17) is 10.5 Å². The molecule has 0 fully saturated rings. The zero-order chi connectivity index (χ0) is 14.9. The van der Waals surface area contributed by atoms with E-state index in [1.807, 2.05) is 0 Å². The third kappa shape index (κ3) is 3.22. The Morgan fingerprint density at radius 3 is 2.35 bits per heavy atom. The number of rotatable bonds is 2. The van der Waals surface area contributed by atoms with Gasteiger partial charge in [0.15, 0.2) is 0 Å². The van der Waals surface area contributed by atoms with Crippen LogP contribution < -0.4 is 10.5 Å². The van der Waals surface area contributed by atoms with E-state index in [0.29, 0.717) is 16.6 Å². The first kappa shape index (κ1) is 14.6. The molecule has 2 aromatic rings. The van der Waals surface area contributed by atoms with Gasteiger partial charge in [0.05, 0.1) is 11.3 Å². The molecule has 0 heterocycles. The van der Waals surface area contributed by atoms with Crippen molar-refractivity contribution in [3.05, 3.63) is 52.3 Å². The van der Waals surface area contributed by atoms with Crippen LogP contribution in [0.1, 0.15) is 5.56 Å². The highest BCUT2D eigenvalue weighted by molar-refractivity contribution is 9.10. The van der Waals surface area contributed by atoms with Crippen LogP contribution in [0.5, 0.6) is 11.5 Å². The Morgan fingerprint density at radius 1 is 1.05 bits per heavy atom. The molecule has 0 saturated heterocycles. The van der Waals surface area contributed by atoms with E-state index in [9.17, 15) is 17.6 Å². The van der Waals surface area contributed by atoms with Gasteiger partial charge in [0.25, 0.3) is 0 Å². The maximum atomic E-state index is 13.1. The maximum absolute atomic E-state index is 13.1. The summed E-state index contributed by atoms with van der Waals surface area (Å²) >= 11 is 3.20. The van der Waals surface area contributed by atoms with Crippen molar-refractivity contribution in [2.75, 3.05) is 5.73 Å². The van der Waals surface area contributed by atoms with Gasteiger partial charge in [0.2, 0.25) is 0 Å². The SMILES string of the molecule is Nc1cc(Br)ccc1Oc1ccc(F)c(C(F)(F)F)c1. The Hall–Kier alpha value is -1.76. The summed E-state index contributed by atoms with van der Waals surface area (Å²) in [7, 11) is 0. The Bertz CT molecular complexity index is 643. The monoisotopic (exact) mass is 349 g/mol. The number of benzene rings is 2. The fourth-order valence-corrected chi connectivity index (χ4v) is 1.90. The highest BCUT2D eigenvalue weighted by atomic mass is 79.9. The van der Waals surface area contributed by atoms with Crippen molar-refractivity contribution in [1.82, 2.24) is 0 Å². The summed E-state index contributed by atoms with van der Waals surface area (Å²) in [4.78, 5) is 0. The molecule has 0 radical (unpaired) electrons. The van der Waals surface area contributed by atoms with Gasteiger partial charge >= 0.3 is 6.18 Å². The fourth-order valence-electron chi connectivity index (χ4n) is 1.52. The lowest BCUT2D eigenvalue weighted by Crippen LogP contribution is -2.08. The molecule has 0 aliphatic carbocycles. The number of nitrogen functional groups attached to an aromatic ring is 1. The summed E-state index contributed by atoms with van der Waals surface area (Å²) < 4.78 is 56.8. The lowest BCUT2D eigenvalue weighted by atomic mass is 10.2. The third-order valence-electron chi connectivity index (χ3n) is 2.44. The van der Waals surface area contributed by atoms with E-state index >= 15 is 0 Å². The molecule has 2 nitrogen and oxygen atoms in total. The molecule has 0 spiro atoms. The van der Waals surface area contributed by atoms with E-state index in [1.165, 1.54) is 6.07 Å². The second-order valence-corrected chi connectivity index (χ2v) is 4.84. The van der Waals surface area contributed by atoms with Gasteiger partial charge in [0.1, 0.15) is 17.3 Å². The van der Waals surface area contributed by atoms with Crippen molar-refractivity contribution in [2.24, 2.45) is 0 Å². The standard InChI is InChI=1S/C13H8BrF4NO/c14-7-1-4-12(11(19)5-7)20-8-2-3-10(15)9(6-8)13(16,17)18/h1-6H,19H2. The Balaban J connectivity index is 2.35. The molecule has 0 atom stereocenters. The van der Waals surface area contributed by atoms with Crippen LogP contribution in [0.4, 0.5) is 23.2 Å². The van der Waals surface area contributed by atoms with Crippen molar-refractivity contribution in [2.45, 2.75) is 6.18 Å². The van der Waals surface area contributed by atoms with Gasteiger partial charge in [-0.15, -0.1) is 0 Å². The zero-order valence-electron chi connectivity index (χ0n) is 9.84. The number of hydrogen-bond acceptors (Lipinski definition) is 2. The van der Waals surface area contributed by atoms with E-state index < -0.39 is 17.6 Å². The number of hydrogen-bond donors (Lipinski definition) is 1. The normalized spacial score (nSPS) is 11.4. The van der Waals surface area contributed by atoms with E-state index in [2.05, 4.69) is 15.9 Å². The molecular formula is C13H8BrF4NO. The molecule has 0 unspecified atom stereocenters. The topological polar surface area (TPSA) is 35.2 Å². The molecule has 2 aromatic carbocycles. The molecule has 0 bridgehead atoms. The number of halogens is 5. The minimum atomic E-state index is -4.78. The number of ether oxygens (including phenoxy) is 1. The third-order valence-corrected chi connectivity index (χ3v) is 2.94. The van der Waals surface area contributed by atoms with Crippen LogP contribution in [0.2, 0.25) is 0 Å². The van der Waals surface area contributed by atoms with Gasteiger partial charge in [0, 0.05) is 4.47 Å². The van der Waals surface area contributed by atoms with Gasteiger partial charge in [-0.3, -0.25) is 0 Å². The minimum Gasteiger partial charge on any atom is -0.455 e. The first-order valence-corrected chi connectivity index (χ1v) is 6.16. The Morgan fingerprint density at radius 2 is 1.75 bits per heavy atom. The first-order valence-electron chi connectivity index (χ1n) is 5.37. The molecule has 0 aliphatic heterocycles. The van der Waals surface area contributed by atoms with Crippen LogP contribution in [-0.4, -0.2) is 0 Å². The molecule has 20 heavy (non-hydrogen) atoms. The molecule has 2 rings (SSSR count). The summed E-state index contributed by atoms with van der Waals surface area (Å²) in [6.07, 6.45) is -4.78. The molecule has 0 aliphatic rings. The lowest BCUT2D eigenvalue weighted by Gasteiger charge is -2.12. The van der Waals surface area contributed by atoms with Crippen LogP contribution in [0, 0.1) is 5.82 Å². The maximum Gasteiger partial charge on any atom is 0.419 e. The second kappa shape index (κ2) is 5.32. The first-order chi connectivity index (χ1) is 9.27. The van der Waals surface area contributed by atoms with Crippen LogP contribution in [-0.2, 0) is 6.18 Å². The largest absolute Gasteiger partial charge is 0.455 e. The highest BCUT2D eigenvalue weighted by Gasteiger charge is 2.34. The van der Waals surface area contributed by atoms with Crippen LogP contribution in [0.15, 0.2) is 40.9 Å². The van der Waals surface area contributed by atoms with Crippen molar-refractivity contribution < 1.29 is 22.3 Å². The molecular weight excluding hydrogens is 342 g/mol. The Kier molecular flexibility index (Phi) is 3.89. The average molecular weight is 350 g/mol. The number of nitrogens with two attached hydrogens (primary N) is 1. The number of anilines is 1.